The molecule has 0 heterocycles. The number of carbonyl (C=O) groups is 1. The van der Waals surface area contributed by atoms with Crippen molar-refractivity contribution in [1.82, 2.24) is 5.32 Å². The number of benzene rings is 3. The summed E-state index contributed by atoms with van der Waals surface area (Å²) in [4.78, 5) is 12.4. The Balaban J connectivity index is 1.63. The summed E-state index contributed by atoms with van der Waals surface area (Å²) in [5.41, 5.74) is 3.34. The Labute approximate surface area is 178 Å². The second kappa shape index (κ2) is 9.48. The lowest BCUT2D eigenvalue weighted by atomic mass is 10.1. The number of amides is 1. The number of nitrogens with one attached hydrogen (secondary N) is 2. The Morgan fingerprint density at radius 1 is 1.04 bits per heavy atom. The minimum atomic E-state index is -0.277. The number of carbonyl (C=O) groups excluding carboxylic acids is 1. The number of halogens is 1. The SMILES string of the molecule is Cc1ccc(C(=O)NC(=S)Nc2ccccc2OCc2ccccc2)cc1Br. The number of thiocarbonyl (C=S) groups is 1. The second-order valence-corrected chi connectivity index (χ2v) is 7.41. The molecule has 6 heteroatoms. The van der Waals surface area contributed by atoms with E-state index in [2.05, 4.69) is 26.6 Å². The molecule has 0 saturated carbocycles. The van der Waals surface area contributed by atoms with Gasteiger partial charge in [-0.05, 0) is 54.5 Å². The van der Waals surface area contributed by atoms with Gasteiger partial charge in [-0.2, -0.15) is 0 Å². The minimum absolute atomic E-state index is 0.206. The molecule has 3 aromatic carbocycles. The molecule has 1 amide bonds. The van der Waals surface area contributed by atoms with Crippen LogP contribution in [0.1, 0.15) is 21.5 Å². The van der Waals surface area contributed by atoms with Gasteiger partial charge in [-0.1, -0.05) is 64.5 Å². The van der Waals surface area contributed by atoms with Crippen molar-refractivity contribution in [2.45, 2.75) is 13.5 Å². The first-order valence-corrected chi connectivity index (χ1v) is 9.87. The first-order valence-electron chi connectivity index (χ1n) is 8.67. The zero-order valence-corrected chi connectivity index (χ0v) is 17.6. The number of aryl methyl sites for hydroxylation is 1. The summed E-state index contributed by atoms with van der Waals surface area (Å²) in [6.45, 7) is 2.40. The molecule has 28 heavy (non-hydrogen) atoms. The quantitative estimate of drug-likeness (QED) is 0.502. The number of anilines is 1. The molecule has 0 saturated heterocycles. The predicted molar refractivity (Wildman–Crippen MR) is 120 cm³/mol. The monoisotopic (exact) mass is 454 g/mol. The highest BCUT2D eigenvalue weighted by Gasteiger charge is 2.11. The van der Waals surface area contributed by atoms with Crippen LogP contribution in [0.15, 0.2) is 77.3 Å². The van der Waals surface area contributed by atoms with E-state index in [0.717, 1.165) is 15.6 Å². The molecule has 3 rings (SSSR count). The van der Waals surface area contributed by atoms with Crippen LogP contribution in [0.4, 0.5) is 5.69 Å². The summed E-state index contributed by atoms with van der Waals surface area (Å²) < 4.78 is 6.78. The van der Waals surface area contributed by atoms with Crippen molar-refractivity contribution in [1.29, 1.82) is 0 Å². The molecular formula is C22H19BrN2O2S. The van der Waals surface area contributed by atoms with Crippen LogP contribution in [0.2, 0.25) is 0 Å². The highest BCUT2D eigenvalue weighted by atomic mass is 79.9. The molecule has 0 atom stereocenters. The molecule has 0 aliphatic heterocycles. The number of para-hydroxylation sites is 2. The van der Waals surface area contributed by atoms with Gasteiger partial charge in [0.1, 0.15) is 12.4 Å². The molecular weight excluding hydrogens is 436 g/mol. The van der Waals surface area contributed by atoms with E-state index >= 15 is 0 Å². The van der Waals surface area contributed by atoms with Crippen LogP contribution in [0.5, 0.6) is 5.75 Å². The second-order valence-electron chi connectivity index (χ2n) is 6.14. The number of hydrogen-bond acceptors (Lipinski definition) is 3. The molecule has 0 aliphatic carbocycles. The third-order valence-electron chi connectivity index (χ3n) is 4.03. The molecule has 0 unspecified atom stereocenters. The van der Waals surface area contributed by atoms with Crippen molar-refractivity contribution in [3.63, 3.8) is 0 Å². The minimum Gasteiger partial charge on any atom is -0.487 e. The molecule has 0 aliphatic rings. The van der Waals surface area contributed by atoms with E-state index in [1.165, 1.54) is 0 Å². The van der Waals surface area contributed by atoms with Gasteiger partial charge in [-0.25, -0.2) is 0 Å². The molecule has 4 nitrogen and oxygen atoms in total. The summed E-state index contributed by atoms with van der Waals surface area (Å²) in [5.74, 6) is 0.377. The zero-order valence-electron chi connectivity index (χ0n) is 15.2. The van der Waals surface area contributed by atoms with Gasteiger partial charge in [0, 0.05) is 10.0 Å². The van der Waals surface area contributed by atoms with Crippen LogP contribution in [-0.2, 0) is 6.61 Å². The zero-order chi connectivity index (χ0) is 19.9. The van der Waals surface area contributed by atoms with Gasteiger partial charge in [0.25, 0.3) is 5.91 Å². The largest absolute Gasteiger partial charge is 0.487 e. The van der Waals surface area contributed by atoms with Gasteiger partial charge in [0.2, 0.25) is 0 Å². The number of rotatable bonds is 5. The Kier molecular flexibility index (Phi) is 6.79. The van der Waals surface area contributed by atoms with E-state index in [1.807, 2.05) is 67.6 Å². The van der Waals surface area contributed by atoms with Crippen molar-refractivity contribution < 1.29 is 9.53 Å². The summed E-state index contributed by atoms with van der Waals surface area (Å²) in [7, 11) is 0. The van der Waals surface area contributed by atoms with Gasteiger partial charge < -0.3 is 10.1 Å². The van der Waals surface area contributed by atoms with Crippen LogP contribution in [0.3, 0.4) is 0 Å². The fraction of sp³-hybridized carbons (Fsp3) is 0.0909. The van der Waals surface area contributed by atoms with Crippen molar-refractivity contribution in [2.75, 3.05) is 5.32 Å². The maximum atomic E-state index is 12.4. The Bertz CT molecular complexity index is 993. The normalized spacial score (nSPS) is 10.2. The third kappa shape index (κ3) is 5.41. The first-order chi connectivity index (χ1) is 13.5. The van der Waals surface area contributed by atoms with Crippen molar-refractivity contribution in [2.24, 2.45) is 0 Å². The highest BCUT2D eigenvalue weighted by molar-refractivity contribution is 9.10. The predicted octanol–water partition coefficient (Wildman–Crippen LogP) is 5.46. The molecule has 2 N–H and O–H groups in total. The van der Waals surface area contributed by atoms with Gasteiger partial charge in [0.15, 0.2) is 5.11 Å². The lowest BCUT2D eigenvalue weighted by Gasteiger charge is -2.14. The standard InChI is InChI=1S/C22H19BrN2O2S/c1-15-11-12-17(13-18(15)23)21(26)25-22(28)24-19-9-5-6-10-20(19)27-14-16-7-3-2-4-8-16/h2-13H,14H2,1H3,(H2,24,25,26,28). The Morgan fingerprint density at radius 3 is 2.50 bits per heavy atom. The van der Waals surface area contributed by atoms with Crippen LogP contribution in [0.25, 0.3) is 0 Å². The third-order valence-corrected chi connectivity index (χ3v) is 5.09. The number of hydrogen-bond donors (Lipinski definition) is 2. The van der Waals surface area contributed by atoms with E-state index in [0.29, 0.717) is 23.6 Å². The fourth-order valence-electron chi connectivity index (χ4n) is 2.49. The summed E-state index contributed by atoms with van der Waals surface area (Å²) in [6, 6.07) is 22.8. The molecule has 3 aromatic rings. The lowest BCUT2D eigenvalue weighted by molar-refractivity contribution is 0.0977. The van der Waals surface area contributed by atoms with E-state index in [4.69, 9.17) is 17.0 Å². The van der Waals surface area contributed by atoms with Crippen LogP contribution >= 0.6 is 28.1 Å². The van der Waals surface area contributed by atoms with Crippen molar-refractivity contribution in [3.05, 3.63) is 94.0 Å². The average molecular weight is 455 g/mol. The van der Waals surface area contributed by atoms with Crippen molar-refractivity contribution in [3.8, 4) is 5.75 Å². The molecule has 0 spiro atoms. The maximum absolute atomic E-state index is 12.4. The van der Waals surface area contributed by atoms with Crippen LogP contribution < -0.4 is 15.4 Å². The number of ether oxygens (including phenoxy) is 1. The smallest absolute Gasteiger partial charge is 0.257 e. The van der Waals surface area contributed by atoms with E-state index < -0.39 is 0 Å². The Hall–Kier alpha value is -2.70. The summed E-state index contributed by atoms with van der Waals surface area (Å²) >= 11 is 8.73. The van der Waals surface area contributed by atoms with E-state index in [1.54, 1.807) is 12.1 Å². The fourth-order valence-corrected chi connectivity index (χ4v) is 3.08. The molecule has 0 aromatic heterocycles. The first kappa shape index (κ1) is 20.0. The topological polar surface area (TPSA) is 50.4 Å². The molecule has 0 radical (unpaired) electrons. The summed E-state index contributed by atoms with van der Waals surface area (Å²) in [5, 5.41) is 5.94. The lowest BCUT2D eigenvalue weighted by Crippen LogP contribution is -2.34. The molecule has 142 valence electrons. The summed E-state index contributed by atoms with van der Waals surface area (Å²) in [6.07, 6.45) is 0. The average Bonchev–Trinajstić information content (AvgIpc) is 2.70. The van der Waals surface area contributed by atoms with Gasteiger partial charge in [-0.3, -0.25) is 10.1 Å². The maximum Gasteiger partial charge on any atom is 0.257 e. The highest BCUT2D eigenvalue weighted by Crippen LogP contribution is 2.25. The van der Waals surface area contributed by atoms with Gasteiger partial charge >= 0.3 is 0 Å². The van der Waals surface area contributed by atoms with Gasteiger partial charge in [-0.15, -0.1) is 0 Å². The van der Waals surface area contributed by atoms with E-state index in [-0.39, 0.29) is 11.0 Å². The Morgan fingerprint density at radius 2 is 1.75 bits per heavy atom. The molecule has 0 bridgehead atoms. The molecule has 0 fully saturated rings. The van der Waals surface area contributed by atoms with Crippen molar-refractivity contribution >= 4 is 44.9 Å². The van der Waals surface area contributed by atoms with Crippen LogP contribution in [0, 0.1) is 6.92 Å². The van der Waals surface area contributed by atoms with Crippen LogP contribution in [-0.4, -0.2) is 11.0 Å². The van der Waals surface area contributed by atoms with Gasteiger partial charge in [0.05, 0.1) is 5.69 Å². The van der Waals surface area contributed by atoms with E-state index in [9.17, 15) is 4.79 Å².